The molecule has 1 heterocycles. The summed E-state index contributed by atoms with van der Waals surface area (Å²) in [6, 6.07) is 3.03. The SMILES string of the molecule is COCCNC(=O)Oc1ccnc(CO)c1. The molecule has 0 aliphatic heterocycles. The van der Waals surface area contributed by atoms with E-state index in [0.717, 1.165) is 0 Å². The quantitative estimate of drug-likeness (QED) is 0.706. The zero-order valence-electron chi connectivity index (χ0n) is 8.97. The molecular weight excluding hydrogens is 212 g/mol. The van der Waals surface area contributed by atoms with Crippen LogP contribution >= 0.6 is 0 Å². The van der Waals surface area contributed by atoms with Crippen molar-refractivity contribution in [2.75, 3.05) is 20.3 Å². The van der Waals surface area contributed by atoms with Crippen LogP contribution in [0.2, 0.25) is 0 Å². The van der Waals surface area contributed by atoms with Crippen LogP contribution in [0.4, 0.5) is 4.79 Å². The maximum Gasteiger partial charge on any atom is 0.412 e. The number of pyridine rings is 1. The number of aliphatic hydroxyl groups is 1. The van der Waals surface area contributed by atoms with E-state index in [-0.39, 0.29) is 6.61 Å². The Balaban J connectivity index is 2.43. The van der Waals surface area contributed by atoms with Crippen LogP contribution in [0.5, 0.6) is 5.75 Å². The maximum atomic E-state index is 11.2. The van der Waals surface area contributed by atoms with Gasteiger partial charge in [0, 0.05) is 25.9 Å². The summed E-state index contributed by atoms with van der Waals surface area (Å²) in [6.07, 6.45) is 0.899. The van der Waals surface area contributed by atoms with Crippen LogP contribution in [-0.4, -0.2) is 36.4 Å². The van der Waals surface area contributed by atoms with Crippen molar-refractivity contribution in [3.63, 3.8) is 0 Å². The molecule has 0 spiro atoms. The molecular formula is C10H14N2O4. The predicted octanol–water partition coefficient (Wildman–Crippen LogP) is 0.309. The molecule has 1 rings (SSSR count). The van der Waals surface area contributed by atoms with E-state index >= 15 is 0 Å². The van der Waals surface area contributed by atoms with Crippen molar-refractivity contribution in [1.82, 2.24) is 10.3 Å². The molecule has 1 amide bonds. The average molecular weight is 226 g/mol. The third kappa shape index (κ3) is 4.24. The second kappa shape index (κ2) is 6.76. The monoisotopic (exact) mass is 226 g/mol. The van der Waals surface area contributed by atoms with Crippen LogP contribution in [0.15, 0.2) is 18.3 Å². The first-order valence-electron chi connectivity index (χ1n) is 4.76. The van der Waals surface area contributed by atoms with Crippen molar-refractivity contribution in [2.45, 2.75) is 6.61 Å². The van der Waals surface area contributed by atoms with Crippen molar-refractivity contribution >= 4 is 6.09 Å². The van der Waals surface area contributed by atoms with Crippen LogP contribution < -0.4 is 10.1 Å². The predicted molar refractivity (Wildman–Crippen MR) is 56.1 cm³/mol. The van der Waals surface area contributed by atoms with Gasteiger partial charge in [0.15, 0.2) is 0 Å². The molecule has 0 aliphatic rings. The lowest BCUT2D eigenvalue weighted by atomic mass is 10.3. The molecule has 0 atom stereocenters. The van der Waals surface area contributed by atoms with Gasteiger partial charge in [0.05, 0.1) is 18.9 Å². The Labute approximate surface area is 93.2 Å². The van der Waals surface area contributed by atoms with E-state index in [1.54, 1.807) is 7.11 Å². The number of aromatic nitrogens is 1. The maximum absolute atomic E-state index is 11.2. The van der Waals surface area contributed by atoms with E-state index in [9.17, 15) is 4.79 Å². The highest BCUT2D eigenvalue weighted by Gasteiger charge is 2.04. The number of hydrogen-bond acceptors (Lipinski definition) is 5. The minimum atomic E-state index is -0.563. The van der Waals surface area contributed by atoms with E-state index in [0.29, 0.717) is 24.6 Å². The number of rotatable bonds is 5. The van der Waals surface area contributed by atoms with Crippen LogP contribution in [0, 0.1) is 0 Å². The smallest absolute Gasteiger partial charge is 0.410 e. The molecule has 6 nitrogen and oxygen atoms in total. The van der Waals surface area contributed by atoms with Crippen molar-refractivity contribution in [3.05, 3.63) is 24.0 Å². The van der Waals surface area contributed by atoms with Gasteiger partial charge in [-0.3, -0.25) is 4.98 Å². The van der Waals surface area contributed by atoms with Gasteiger partial charge in [-0.25, -0.2) is 4.79 Å². The summed E-state index contributed by atoms with van der Waals surface area (Å²) < 4.78 is 9.71. The zero-order chi connectivity index (χ0) is 11.8. The normalized spacial score (nSPS) is 9.88. The van der Waals surface area contributed by atoms with Gasteiger partial charge in [-0.05, 0) is 6.07 Å². The summed E-state index contributed by atoms with van der Waals surface area (Å²) in [4.78, 5) is 15.1. The molecule has 0 saturated heterocycles. The molecule has 16 heavy (non-hydrogen) atoms. The molecule has 6 heteroatoms. The van der Waals surface area contributed by atoms with E-state index in [2.05, 4.69) is 10.3 Å². The Morgan fingerprint density at radius 1 is 1.62 bits per heavy atom. The molecule has 0 aliphatic carbocycles. The molecule has 0 saturated carbocycles. The van der Waals surface area contributed by atoms with Crippen LogP contribution in [0.25, 0.3) is 0 Å². The fraction of sp³-hybridized carbons (Fsp3) is 0.400. The highest BCUT2D eigenvalue weighted by molar-refractivity contribution is 5.70. The molecule has 1 aromatic rings. The Kier molecular flexibility index (Phi) is 5.24. The fourth-order valence-electron chi connectivity index (χ4n) is 1.00. The summed E-state index contributed by atoms with van der Waals surface area (Å²) >= 11 is 0. The van der Waals surface area contributed by atoms with Gasteiger partial charge in [0.1, 0.15) is 5.75 Å². The fourth-order valence-corrected chi connectivity index (χ4v) is 1.00. The van der Waals surface area contributed by atoms with Crippen molar-refractivity contribution in [3.8, 4) is 5.75 Å². The summed E-state index contributed by atoms with van der Waals surface area (Å²) in [7, 11) is 1.55. The first kappa shape index (κ1) is 12.4. The zero-order valence-corrected chi connectivity index (χ0v) is 8.97. The lowest BCUT2D eigenvalue weighted by Gasteiger charge is -2.06. The number of carbonyl (C=O) groups is 1. The third-order valence-electron chi connectivity index (χ3n) is 1.74. The highest BCUT2D eigenvalue weighted by Crippen LogP contribution is 2.10. The summed E-state index contributed by atoms with van der Waals surface area (Å²) in [5, 5.41) is 11.3. The van der Waals surface area contributed by atoms with Gasteiger partial charge in [0.2, 0.25) is 0 Å². The minimum Gasteiger partial charge on any atom is -0.410 e. The Bertz CT molecular complexity index is 343. The number of nitrogens with zero attached hydrogens (tertiary/aromatic N) is 1. The van der Waals surface area contributed by atoms with E-state index in [1.165, 1.54) is 18.3 Å². The molecule has 1 aromatic heterocycles. The van der Waals surface area contributed by atoms with Crippen LogP contribution in [0.3, 0.4) is 0 Å². The second-order valence-electron chi connectivity index (χ2n) is 2.95. The minimum absolute atomic E-state index is 0.192. The summed E-state index contributed by atoms with van der Waals surface area (Å²) in [5.74, 6) is 0.342. The third-order valence-corrected chi connectivity index (χ3v) is 1.74. The lowest BCUT2D eigenvalue weighted by Crippen LogP contribution is -2.29. The largest absolute Gasteiger partial charge is 0.412 e. The summed E-state index contributed by atoms with van der Waals surface area (Å²) in [6.45, 7) is 0.614. The van der Waals surface area contributed by atoms with Crippen LogP contribution in [0.1, 0.15) is 5.69 Å². The molecule has 0 bridgehead atoms. The molecule has 0 radical (unpaired) electrons. The summed E-state index contributed by atoms with van der Waals surface area (Å²) in [5.41, 5.74) is 0.446. The second-order valence-corrected chi connectivity index (χ2v) is 2.95. The highest BCUT2D eigenvalue weighted by atomic mass is 16.6. The van der Waals surface area contributed by atoms with E-state index in [4.69, 9.17) is 14.6 Å². The number of ether oxygens (including phenoxy) is 2. The first-order chi connectivity index (χ1) is 7.76. The average Bonchev–Trinajstić information content (AvgIpc) is 2.29. The molecule has 0 aromatic carbocycles. The molecule has 0 unspecified atom stereocenters. The molecule has 88 valence electrons. The Hall–Kier alpha value is -1.66. The number of nitrogens with one attached hydrogen (secondary N) is 1. The standard InChI is InChI=1S/C10H14N2O4/c1-15-5-4-12-10(14)16-9-2-3-11-8(6-9)7-13/h2-3,6,13H,4-5,7H2,1H3,(H,12,14). The van der Waals surface area contributed by atoms with Crippen molar-refractivity contribution in [2.24, 2.45) is 0 Å². The number of amides is 1. The van der Waals surface area contributed by atoms with E-state index in [1.807, 2.05) is 0 Å². The van der Waals surface area contributed by atoms with Gasteiger partial charge < -0.3 is 19.9 Å². The van der Waals surface area contributed by atoms with Crippen LogP contribution in [-0.2, 0) is 11.3 Å². The Morgan fingerprint density at radius 3 is 3.12 bits per heavy atom. The van der Waals surface area contributed by atoms with Gasteiger partial charge in [-0.15, -0.1) is 0 Å². The number of carbonyl (C=O) groups excluding carboxylic acids is 1. The van der Waals surface area contributed by atoms with E-state index < -0.39 is 6.09 Å². The van der Waals surface area contributed by atoms with Gasteiger partial charge in [-0.1, -0.05) is 0 Å². The number of hydrogen-bond donors (Lipinski definition) is 2. The van der Waals surface area contributed by atoms with Crippen molar-refractivity contribution in [1.29, 1.82) is 0 Å². The van der Waals surface area contributed by atoms with Gasteiger partial charge >= 0.3 is 6.09 Å². The number of methoxy groups -OCH3 is 1. The number of aliphatic hydroxyl groups excluding tert-OH is 1. The molecule has 2 N–H and O–H groups in total. The Morgan fingerprint density at radius 2 is 2.44 bits per heavy atom. The van der Waals surface area contributed by atoms with Crippen molar-refractivity contribution < 1.29 is 19.4 Å². The van der Waals surface area contributed by atoms with Gasteiger partial charge in [0.25, 0.3) is 0 Å². The first-order valence-corrected chi connectivity index (χ1v) is 4.76. The lowest BCUT2D eigenvalue weighted by molar-refractivity contribution is 0.180. The topological polar surface area (TPSA) is 80.7 Å². The molecule has 0 fully saturated rings. The van der Waals surface area contributed by atoms with Gasteiger partial charge in [-0.2, -0.15) is 0 Å².